The van der Waals surface area contributed by atoms with Crippen molar-refractivity contribution in [1.29, 1.82) is 0 Å². The van der Waals surface area contributed by atoms with Crippen LogP contribution >= 0.6 is 23.1 Å². The molecule has 2 aromatic heterocycles. The summed E-state index contributed by atoms with van der Waals surface area (Å²) in [4.78, 5) is 12.2. The summed E-state index contributed by atoms with van der Waals surface area (Å²) in [6.07, 6.45) is 3.74. The highest BCUT2D eigenvalue weighted by Gasteiger charge is 2.08. The second-order valence-electron chi connectivity index (χ2n) is 6.33. The molecular weight excluding hydrogens is 402 g/mol. The Morgan fingerprint density at radius 1 is 1.10 bits per heavy atom. The van der Waals surface area contributed by atoms with E-state index in [1.807, 2.05) is 35.1 Å². The molecule has 8 heteroatoms. The Kier molecular flexibility index (Phi) is 6.33. The molecule has 6 nitrogen and oxygen atoms in total. The Balaban J connectivity index is 1.39. The number of thioether (sulfide) groups is 1. The fraction of sp³-hybridized carbons (Fsp3) is 0.143. The van der Waals surface area contributed by atoms with E-state index >= 15 is 0 Å². The first-order valence-electron chi connectivity index (χ1n) is 9.08. The van der Waals surface area contributed by atoms with Crippen LogP contribution in [-0.2, 0) is 17.9 Å². The van der Waals surface area contributed by atoms with Gasteiger partial charge in [0.2, 0.25) is 5.91 Å². The van der Waals surface area contributed by atoms with Crippen LogP contribution in [0.2, 0.25) is 0 Å². The maximum atomic E-state index is 12.2. The SMILES string of the molecule is O=C(CSc1nncs1)NCc1ccccc1-c1ccc(Cn2cccn2)cc1. The van der Waals surface area contributed by atoms with Crippen LogP contribution in [0.1, 0.15) is 11.1 Å². The number of rotatable bonds is 8. The van der Waals surface area contributed by atoms with E-state index in [0.29, 0.717) is 12.3 Å². The van der Waals surface area contributed by atoms with Gasteiger partial charge in [0.1, 0.15) is 5.51 Å². The summed E-state index contributed by atoms with van der Waals surface area (Å²) in [5.41, 5.74) is 6.19. The highest BCUT2D eigenvalue weighted by molar-refractivity contribution is 8.01. The normalized spacial score (nSPS) is 10.8. The maximum Gasteiger partial charge on any atom is 0.230 e. The van der Waals surface area contributed by atoms with Gasteiger partial charge in [-0.15, -0.1) is 10.2 Å². The van der Waals surface area contributed by atoms with Gasteiger partial charge < -0.3 is 5.32 Å². The Hall–Kier alpha value is -2.97. The topological polar surface area (TPSA) is 72.7 Å². The van der Waals surface area contributed by atoms with Crippen LogP contribution in [0.15, 0.2) is 76.8 Å². The molecule has 29 heavy (non-hydrogen) atoms. The lowest BCUT2D eigenvalue weighted by atomic mass is 9.98. The van der Waals surface area contributed by atoms with E-state index in [0.717, 1.165) is 27.6 Å². The summed E-state index contributed by atoms with van der Waals surface area (Å²) in [7, 11) is 0. The molecule has 0 aliphatic heterocycles. The van der Waals surface area contributed by atoms with Crippen LogP contribution in [0.5, 0.6) is 0 Å². The standard InChI is InChI=1S/C21H19N5OS2/c27-20(14-28-21-25-23-15-29-21)22-12-18-4-1-2-5-19(18)17-8-6-16(7-9-17)13-26-11-3-10-24-26/h1-11,15H,12-14H2,(H,22,27). The molecule has 0 aliphatic carbocycles. The smallest absolute Gasteiger partial charge is 0.230 e. The van der Waals surface area contributed by atoms with Gasteiger partial charge in [-0.2, -0.15) is 5.10 Å². The van der Waals surface area contributed by atoms with Crippen molar-refractivity contribution in [2.45, 2.75) is 17.4 Å². The number of hydrogen-bond acceptors (Lipinski definition) is 6. The fourth-order valence-electron chi connectivity index (χ4n) is 2.92. The predicted molar refractivity (Wildman–Crippen MR) is 116 cm³/mol. The monoisotopic (exact) mass is 421 g/mol. The predicted octanol–water partition coefficient (Wildman–Crippen LogP) is 3.86. The molecule has 0 bridgehead atoms. The lowest BCUT2D eigenvalue weighted by molar-refractivity contribution is -0.118. The van der Waals surface area contributed by atoms with Gasteiger partial charge in [-0.25, -0.2) is 0 Å². The average molecular weight is 422 g/mol. The fourth-order valence-corrected chi connectivity index (χ4v) is 4.24. The third-order valence-electron chi connectivity index (χ3n) is 4.33. The Morgan fingerprint density at radius 2 is 1.97 bits per heavy atom. The minimum Gasteiger partial charge on any atom is -0.351 e. The van der Waals surface area contributed by atoms with Gasteiger partial charge in [0.05, 0.1) is 12.3 Å². The van der Waals surface area contributed by atoms with E-state index in [4.69, 9.17) is 0 Å². The molecule has 146 valence electrons. The minimum atomic E-state index is -0.0189. The molecule has 4 aromatic rings. The minimum absolute atomic E-state index is 0.0189. The second-order valence-corrected chi connectivity index (χ2v) is 8.38. The van der Waals surface area contributed by atoms with Gasteiger partial charge in [0.25, 0.3) is 0 Å². The molecule has 2 aromatic carbocycles. The van der Waals surface area contributed by atoms with Gasteiger partial charge in [-0.1, -0.05) is 71.6 Å². The van der Waals surface area contributed by atoms with E-state index in [-0.39, 0.29) is 5.91 Å². The summed E-state index contributed by atoms with van der Waals surface area (Å²) >= 11 is 2.84. The summed E-state index contributed by atoms with van der Waals surface area (Å²) in [6, 6.07) is 18.5. The number of nitrogens with one attached hydrogen (secondary N) is 1. The maximum absolute atomic E-state index is 12.2. The van der Waals surface area contributed by atoms with Crippen molar-refractivity contribution >= 4 is 29.0 Å². The van der Waals surface area contributed by atoms with E-state index in [2.05, 4.69) is 50.9 Å². The van der Waals surface area contributed by atoms with Crippen molar-refractivity contribution in [2.75, 3.05) is 5.75 Å². The quantitative estimate of drug-likeness (QED) is 0.438. The van der Waals surface area contributed by atoms with Crippen molar-refractivity contribution in [2.24, 2.45) is 0 Å². The van der Waals surface area contributed by atoms with Crippen LogP contribution in [-0.4, -0.2) is 31.6 Å². The lowest BCUT2D eigenvalue weighted by Crippen LogP contribution is -2.24. The summed E-state index contributed by atoms with van der Waals surface area (Å²) in [5, 5.41) is 15.0. The number of carbonyl (C=O) groups is 1. The number of hydrogen-bond donors (Lipinski definition) is 1. The first-order chi connectivity index (χ1) is 14.3. The molecule has 1 N–H and O–H groups in total. The molecule has 0 aliphatic rings. The molecule has 1 amide bonds. The molecule has 0 unspecified atom stereocenters. The zero-order valence-corrected chi connectivity index (χ0v) is 17.2. The lowest BCUT2D eigenvalue weighted by Gasteiger charge is -2.12. The van der Waals surface area contributed by atoms with E-state index in [9.17, 15) is 4.79 Å². The van der Waals surface area contributed by atoms with Crippen molar-refractivity contribution in [3.8, 4) is 11.1 Å². The number of carbonyl (C=O) groups excluding carboxylic acids is 1. The van der Waals surface area contributed by atoms with Crippen LogP contribution in [0, 0.1) is 0 Å². The molecule has 0 spiro atoms. The molecule has 0 radical (unpaired) electrons. The first kappa shape index (κ1) is 19.4. The van der Waals surface area contributed by atoms with Gasteiger partial charge in [-0.05, 0) is 28.3 Å². The summed E-state index contributed by atoms with van der Waals surface area (Å²) < 4.78 is 2.70. The van der Waals surface area contributed by atoms with Crippen molar-refractivity contribution in [3.05, 3.63) is 83.6 Å². The molecule has 4 rings (SSSR count). The van der Waals surface area contributed by atoms with Crippen LogP contribution < -0.4 is 5.32 Å². The average Bonchev–Trinajstić information content (AvgIpc) is 3.46. The third-order valence-corrected chi connectivity index (χ3v) is 6.19. The zero-order chi connectivity index (χ0) is 19.9. The van der Waals surface area contributed by atoms with E-state index in [1.54, 1.807) is 11.7 Å². The largest absolute Gasteiger partial charge is 0.351 e. The van der Waals surface area contributed by atoms with Crippen LogP contribution in [0.3, 0.4) is 0 Å². The van der Waals surface area contributed by atoms with Crippen molar-refractivity contribution in [1.82, 2.24) is 25.3 Å². The van der Waals surface area contributed by atoms with Crippen LogP contribution in [0.25, 0.3) is 11.1 Å². The molecule has 0 saturated heterocycles. The van der Waals surface area contributed by atoms with E-state index in [1.165, 1.54) is 28.7 Å². The highest BCUT2D eigenvalue weighted by Crippen LogP contribution is 2.24. The van der Waals surface area contributed by atoms with Crippen LogP contribution in [0.4, 0.5) is 0 Å². The van der Waals surface area contributed by atoms with Gasteiger partial charge in [-0.3, -0.25) is 9.48 Å². The number of benzene rings is 2. The Labute approximate surface area is 177 Å². The molecule has 0 atom stereocenters. The Bertz CT molecular complexity index is 1050. The second kappa shape index (κ2) is 9.49. The van der Waals surface area contributed by atoms with E-state index < -0.39 is 0 Å². The molecule has 0 fully saturated rings. The first-order valence-corrected chi connectivity index (χ1v) is 10.9. The highest BCUT2D eigenvalue weighted by atomic mass is 32.2. The number of nitrogens with zero attached hydrogens (tertiary/aromatic N) is 4. The summed E-state index contributed by atoms with van der Waals surface area (Å²) in [5.74, 6) is 0.314. The third kappa shape index (κ3) is 5.30. The molecular formula is C21H19N5OS2. The van der Waals surface area contributed by atoms with Gasteiger partial charge >= 0.3 is 0 Å². The zero-order valence-electron chi connectivity index (χ0n) is 15.6. The van der Waals surface area contributed by atoms with Crippen molar-refractivity contribution < 1.29 is 4.79 Å². The molecule has 0 saturated carbocycles. The Morgan fingerprint density at radius 3 is 2.72 bits per heavy atom. The van der Waals surface area contributed by atoms with Gasteiger partial charge in [0, 0.05) is 18.9 Å². The van der Waals surface area contributed by atoms with Crippen molar-refractivity contribution in [3.63, 3.8) is 0 Å². The molecule has 2 heterocycles. The number of amides is 1. The number of aromatic nitrogens is 4. The summed E-state index contributed by atoms with van der Waals surface area (Å²) in [6.45, 7) is 1.23. The van der Waals surface area contributed by atoms with Gasteiger partial charge in [0.15, 0.2) is 4.34 Å².